The molecule has 0 atom stereocenters. The lowest BCUT2D eigenvalue weighted by molar-refractivity contribution is 0.685. The van der Waals surface area contributed by atoms with Crippen molar-refractivity contribution < 1.29 is 0 Å². The predicted octanol–water partition coefficient (Wildman–Crippen LogP) is 12.7. The zero-order valence-electron chi connectivity index (χ0n) is 25.4. The molecule has 7 aromatic carbocycles. The van der Waals surface area contributed by atoms with E-state index >= 15 is 0 Å². The standard InChI is InChI=1S/C43H33NS/c1-28-25-30-11-2-3-12-31(30)27-41(28)44(40-19-10-18-38-37-17-8-9-20-42(37)45-43(38)40)33-23-21-29(22-24-33)39-26-32-13-4-5-14-34(32)35-15-6-7-16-36(35)39/h4-10,13-27H,2-3,11-12H2,1H3. The number of hydrogen-bond donors (Lipinski definition) is 0. The summed E-state index contributed by atoms with van der Waals surface area (Å²) in [5.41, 5.74) is 10.6. The summed E-state index contributed by atoms with van der Waals surface area (Å²) in [6, 6.07) is 49.8. The number of hydrogen-bond acceptors (Lipinski definition) is 2. The van der Waals surface area contributed by atoms with Gasteiger partial charge >= 0.3 is 0 Å². The van der Waals surface area contributed by atoms with E-state index in [1.807, 2.05) is 11.3 Å². The van der Waals surface area contributed by atoms with Crippen LogP contribution in [0.15, 0.2) is 133 Å². The second-order valence-electron chi connectivity index (χ2n) is 12.4. The first-order chi connectivity index (χ1) is 22.2. The van der Waals surface area contributed by atoms with Gasteiger partial charge in [0.15, 0.2) is 0 Å². The van der Waals surface area contributed by atoms with Crippen molar-refractivity contribution in [3.63, 3.8) is 0 Å². The summed E-state index contributed by atoms with van der Waals surface area (Å²) in [6.07, 6.45) is 4.92. The number of rotatable bonds is 4. The van der Waals surface area contributed by atoms with Crippen molar-refractivity contribution in [3.05, 3.63) is 150 Å². The Hall–Kier alpha value is -4.92. The number of nitrogens with zero attached hydrogens (tertiary/aromatic N) is 1. The largest absolute Gasteiger partial charge is 0.309 e. The van der Waals surface area contributed by atoms with E-state index < -0.39 is 0 Å². The highest BCUT2D eigenvalue weighted by molar-refractivity contribution is 7.26. The Morgan fingerprint density at radius 1 is 0.533 bits per heavy atom. The van der Waals surface area contributed by atoms with Crippen molar-refractivity contribution >= 4 is 70.1 Å². The molecule has 1 heterocycles. The second kappa shape index (κ2) is 10.6. The molecule has 0 spiro atoms. The van der Waals surface area contributed by atoms with Crippen LogP contribution in [0.2, 0.25) is 0 Å². The molecular weight excluding hydrogens is 563 g/mol. The van der Waals surface area contributed by atoms with Crippen molar-refractivity contribution in [2.45, 2.75) is 32.6 Å². The maximum Gasteiger partial charge on any atom is 0.0640 e. The fourth-order valence-corrected chi connectivity index (χ4v) is 8.74. The Bertz CT molecular complexity index is 2400. The van der Waals surface area contributed by atoms with E-state index in [0.717, 1.165) is 6.42 Å². The topological polar surface area (TPSA) is 3.24 Å². The van der Waals surface area contributed by atoms with E-state index in [4.69, 9.17) is 0 Å². The zero-order chi connectivity index (χ0) is 29.9. The van der Waals surface area contributed by atoms with Crippen LogP contribution >= 0.6 is 11.3 Å². The van der Waals surface area contributed by atoms with Gasteiger partial charge in [0.1, 0.15) is 0 Å². The lowest BCUT2D eigenvalue weighted by Crippen LogP contribution is -2.13. The summed E-state index contributed by atoms with van der Waals surface area (Å²) in [7, 11) is 0. The third kappa shape index (κ3) is 4.35. The van der Waals surface area contributed by atoms with Crippen LogP contribution in [-0.2, 0) is 12.8 Å². The summed E-state index contributed by atoms with van der Waals surface area (Å²) >= 11 is 1.90. The fourth-order valence-electron chi connectivity index (χ4n) is 7.54. The first kappa shape index (κ1) is 26.5. The zero-order valence-corrected chi connectivity index (χ0v) is 26.2. The maximum atomic E-state index is 2.52. The molecule has 45 heavy (non-hydrogen) atoms. The highest BCUT2D eigenvalue weighted by atomic mass is 32.1. The number of thiophene rings is 1. The molecule has 0 radical (unpaired) electrons. The normalized spacial score (nSPS) is 13.1. The van der Waals surface area contributed by atoms with Gasteiger partial charge < -0.3 is 4.90 Å². The molecule has 0 bridgehead atoms. The van der Waals surface area contributed by atoms with E-state index in [1.54, 1.807) is 0 Å². The van der Waals surface area contributed by atoms with E-state index in [9.17, 15) is 0 Å². The van der Waals surface area contributed by atoms with Gasteiger partial charge in [-0.25, -0.2) is 0 Å². The van der Waals surface area contributed by atoms with Crippen molar-refractivity contribution in [1.82, 2.24) is 0 Å². The van der Waals surface area contributed by atoms with E-state index in [-0.39, 0.29) is 0 Å². The van der Waals surface area contributed by atoms with Gasteiger partial charge in [-0.2, -0.15) is 0 Å². The van der Waals surface area contributed by atoms with Gasteiger partial charge in [-0.1, -0.05) is 97.1 Å². The van der Waals surface area contributed by atoms with Crippen molar-refractivity contribution in [2.24, 2.45) is 0 Å². The van der Waals surface area contributed by atoms with Gasteiger partial charge in [0, 0.05) is 26.8 Å². The van der Waals surface area contributed by atoms with Crippen LogP contribution in [0.5, 0.6) is 0 Å². The van der Waals surface area contributed by atoms with Crippen LogP contribution in [0.25, 0.3) is 52.8 Å². The highest BCUT2D eigenvalue weighted by Gasteiger charge is 2.22. The molecule has 1 aliphatic carbocycles. The van der Waals surface area contributed by atoms with E-state index in [2.05, 4.69) is 145 Å². The molecular formula is C43H33NS. The van der Waals surface area contributed by atoms with Crippen LogP contribution in [0.1, 0.15) is 29.5 Å². The third-order valence-corrected chi connectivity index (χ3v) is 10.9. The Kier molecular flexibility index (Phi) is 6.24. The number of benzene rings is 7. The minimum absolute atomic E-state index is 1.16. The lowest BCUT2D eigenvalue weighted by atomic mass is 9.89. The molecule has 1 aromatic heterocycles. The summed E-state index contributed by atoms with van der Waals surface area (Å²) < 4.78 is 2.67. The molecule has 0 saturated carbocycles. The Balaban J connectivity index is 1.25. The molecule has 216 valence electrons. The molecule has 1 nitrogen and oxygen atoms in total. The number of aryl methyl sites for hydroxylation is 3. The van der Waals surface area contributed by atoms with Gasteiger partial charge in [-0.3, -0.25) is 0 Å². The molecule has 0 fully saturated rings. The quantitative estimate of drug-likeness (QED) is 0.183. The molecule has 0 amide bonds. The molecule has 1 aliphatic rings. The molecule has 2 heteroatoms. The molecule has 0 N–H and O–H groups in total. The first-order valence-electron chi connectivity index (χ1n) is 16.1. The fraction of sp³-hybridized carbons (Fsp3) is 0.116. The van der Waals surface area contributed by atoms with Crippen LogP contribution in [-0.4, -0.2) is 0 Å². The van der Waals surface area contributed by atoms with Crippen LogP contribution < -0.4 is 4.90 Å². The number of fused-ring (bicyclic) bond motifs is 7. The predicted molar refractivity (Wildman–Crippen MR) is 196 cm³/mol. The minimum atomic E-state index is 1.16. The smallest absolute Gasteiger partial charge is 0.0640 e. The summed E-state index contributed by atoms with van der Waals surface area (Å²) in [5.74, 6) is 0. The van der Waals surface area contributed by atoms with Gasteiger partial charge in [-0.05, 0) is 118 Å². The molecule has 0 aliphatic heterocycles. The Labute approximate surface area is 268 Å². The first-order valence-corrected chi connectivity index (χ1v) is 16.9. The van der Waals surface area contributed by atoms with Gasteiger partial charge in [0.25, 0.3) is 0 Å². The number of anilines is 3. The van der Waals surface area contributed by atoms with Crippen molar-refractivity contribution in [3.8, 4) is 11.1 Å². The van der Waals surface area contributed by atoms with E-state index in [0.29, 0.717) is 0 Å². The summed E-state index contributed by atoms with van der Waals surface area (Å²) in [4.78, 5) is 2.52. The molecule has 0 unspecified atom stereocenters. The Morgan fingerprint density at radius 3 is 2.02 bits per heavy atom. The Morgan fingerprint density at radius 2 is 1.20 bits per heavy atom. The van der Waals surface area contributed by atoms with Crippen molar-refractivity contribution in [2.75, 3.05) is 4.90 Å². The van der Waals surface area contributed by atoms with Crippen LogP contribution in [0, 0.1) is 6.92 Å². The van der Waals surface area contributed by atoms with Crippen LogP contribution in [0.4, 0.5) is 17.1 Å². The van der Waals surface area contributed by atoms with Crippen molar-refractivity contribution in [1.29, 1.82) is 0 Å². The summed E-state index contributed by atoms with van der Waals surface area (Å²) in [5, 5.41) is 7.84. The van der Waals surface area contributed by atoms with Gasteiger partial charge in [0.2, 0.25) is 0 Å². The third-order valence-electron chi connectivity index (χ3n) is 9.73. The second-order valence-corrected chi connectivity index (χ2v) is 13.5. The average molecular weight is 596 g/mol. The van der Waals surface area contributed by atoms with Gasteiger partial charge in [0.05, 0.1) is 10.4 Å². The molecule has 0 saturated heterocycles. The SMILES string of the molecule is Cc1cc2c(cc1N(c1ccc(-c3cc4ccccc4c4ccccc34)cc1)c1cccc3c1sc1ccccc13)CCCC2. The summed E-state index contributed by atoms with van der Waals surface area (Å²) in [6.45, 7) is 2.29. The van der Waals surface area contributed by atoms with E-state index in [1.165, 1.54) is 106 Å². The average Bonchev–Trinajstić information content (AvgIpc) is 3.48. The molecule has 8 aromatic rings. The minimum Gasteiger partial charge on any atom is -0.309 e. The lowest BCUT2D eigenvalue weighted by Gasteiger charge is -2.30. The highest BCUT2D eigenvalue weighted by Crippen LogP contribution is 2.46. The maximum absolute atomic E-state index is 2.52. The van der Waals surface area contributed by atoms with Gasteiger partial charge in [-0.15, -0.1) is 11.3 Å². The molecule has 9 rings (SSSR count). The van der Waals surface area contributed by atoms with Crippen LogP contribution in [0.3, 0.4) is 0 Å². The monoisotopic (exact) mass is 595 g/mol.